The Bertz CT molecular complexity index is 741. The minimum atomic E-state index is -3.77. The first kappa shape index (κ1) is 16.3. The Morgan fingerprint density at radius 3 is 2.32 bits per heavy atom. The molecule has 3 nitrogen and oxygen atoms in total. The van der Waals surface area contributed by atoms with Crippen molar-refractivity contribution in [1.29, 1.82) is 0 Å². The van der Waals surface area contributed by atoms with Crippen LogP contribution in [0.2, 0.25) is 0 Å². The average molecular weight is 314 g/mol. The lowest BCUT2D eigenvalue weighted by Crippen LogP contribution is -2.15. The van der Waals surface area contributed by atoms with Crippen LogP contribution in [0.1, 0.15) is 11.1 Å². The minimum Gasteiger partial charge on any atom is -0.265 e. The highest BCUT2D eigenvalue weighted by Gasteiger charge is 2.17. The lowest BCUT2D eigenvalue weighted by atomic mass is 10.0. The van der Waals surface area contributed by atoms with E-state index in [4.69, 9.17) is 10.6 Å². The van der Waals surface area contributed by atoms with Crippen LogP contribution in [0.4, 0.5) is 0 Å². The summed E-state index contributed by atoms with van der Waals surface area (Å²) in [5.74, 6) is 2.31. The molecule has 0 aromatic heterocycles. The Morgan fingerprint density at radius 2 is 1.73 bits per heavy atom. The van der Waals surface area contributed by atoms with Crippen LogP contribution in [0.25, 0.3) is 0 Å². The predicted octanol–water partition coefficient (Wildman–Crippen LogP) is 3.19. The molecule has 0 fully saturated rings. The fourth-order valence-electron chi connectivity index (χ4n) is 2.01. The van der Waals surface area contributed by atoms with Gasteiger partial charge in [-0.25, -0.2) is 0 Å². The van der Waals surface area contributed by atoms with E-state index in [1.807, 2.05) is 37.3 Å². The van der Waals surface area contributed by atoms with Crippen LogP contribution < -0.4 is 0 Å². The molecule has 0 saturated heterocycles. The molecular formula is C18H18O3S. The van der Waals surface area contributed by atoms with Gasteiger partial charge in [-0.1, -0.05) is 48.0 Å². The first-order valence-corrected chi connectivity index (χ1v) is 8.38. The molecule has 2 aromatic carbocycles. The van der Waals surface area contributed by atoms with E-state index in [2.05, 4.69) is 5.92 Å². The summed E-state index contributed by atoms with van der Waals surface area (Å²) < 4.78 is 29.4. The molecule has 0 aliphatic carbocycles. The Morgan fingerprint density at radius 1 is 1.09 bits per heavy atom. The van der Waals surface area contributed by atoms with Gasteiger partial charge in [-0.15, -0.1) is 12.3 Å². The zero-order chi connectivity index (χ0) is 16.0. The van der Waals surface area contributed by atoms with Crippen molar-refractivity contribution >= 4 is 10.1 Å². The predicted molar refractivity (Wildman–Crippen MR) is 86.8 cm³/mol. The second kappa shape index (κ2) is 7.26. The summed E-state index contributed by atoms with van der Waals surface area (Å²) in [5, 5.41) is 0. The number of rotatable bonds is 6. The lowest BCUT2D eigenvalue weighted by molar-refractivity contribution is 0.283. The van der Waals surface area contributed by atoms with Gasteiger partial charge >= 0.3 is 0 Å². The quantitative estimate of drug-likeness (QED) is 0.607. The largest absolute Gasteiger partial charge is 0.297 e. The van der Waals surface area contributed by atoms with Crippen LogP contribution in [0.15, 0.2) is 59.5 Å². The molecule has 0 aliphatic heterocycles. The van der Waals surface area contributed by atoms with Crippen LogP contribution in [0, 0.1) is 25.2 Å². The molecule has 2 rings (SSSR count). The van der Waals surface area contributed by atoms with Gasteiger partial charge < -0.3 is 0 Å². The van der Waals surface area contributed by atoms with Gasteiger partial charge in [0, 0.05) is 5.92 Å². The third-order valence-corrected chi connectivity index (χ3v) is 4.59. The summed E-state index contributed by atoms with van der Waals surface area (Å²) >= 11 is 0. The topological polar surface area (TPSA) is 43.4 Å². The molecule has 0 spiro atoms. The van der Waals surface area contributed by atoms with E-state index in [1.165, 1.54) is 12.1 Å². The van der Waals surface area contributed by atoms with Crippen molar-refractivity contribution in [3.05, 3.63) is 65.7 Å². The molecule has 0 unspecified atom stereocenters. The summed E-state index contributed by atoms with van der Waals surface area (Å²) in [6, 6.07) is 16.2. The SMILES string of the molecule is C#C[C@@H](COS(=O)(=O)c1ccc(C)cc1)Cc1ccccc1. The fraction of sp³-hybridized carbons (Fsp3) is 0.222. The van der Waals surface area contributed by atoms with Gasteiger partial charge in [0.2, 0.25) is 0 Å². The molecule has 1 atom stereocenters. The number of hydrogen-bond donors (Lipinski definition) is 0. The van der Waals surface area contributed by atoms with Crippen LogP contribution in [-0.2, 0) is 20.7 Å². The minimum absolute atomic E-state index is 0.0262. The van der Waals surface area contributed by atoms with Gasteiger partial charge in [0.15, 0.2) is 0 Å². The van der Waals surface area contributed by atoms with Crippen LogP contribution in [0.3, 0.4) is 0 Å². The van der Waals surface area contributed by atoms with E-state index < -0.39 is 10.1 Å². The van der Waals surface area contributed by atoms with Gasteiger partial charge in [-0.05, 0) is 31.0 Å². The Hall–Kier alpha value is -2.09. The van der Waals surface area contributed by atoms with Gasteiger partial charge in [0.1, 0.15) is 0 Å². The molecule has 0 radical (unpaired) electrons. The molecule has 0 aliphatic rings. The highest BCUT2D eigenvalue weighted by Crippen LogP contribution is 2.16. The molecule has 4 heteroatoms. The maximum absolute atomic E-state index is 12.1. The molecule has 114 valence electrons. The highest BCUT2D eigenvalue weighted by atomic mass is 32.2. The second-order valence-electron chi connectivity index (χ2n) is 5.11. The molecule has 0 saturated carbocycles. The third kappa shape index (κ3) is 4.45. The summed E-state index contributed by atoms with van der Waals surface area (Å²) in [6.07, 6.45) is 6.07. The molecule has 0 N–H and O–H groups in total. The number of terminal acetylenes is 1. The standard InChI is InChI=1S/C18H18O3S/c1-3-16(13-17-7-5-4-6-8-17)14-21-22(19,20)18-11-9-15(2)10-12-18/h1,4-12,16H,13-14H2,2H3/t16-/m1/s1. The van der Waals surface area contributed by atoms with E-state index in [0.29, 0.717) is 6.42 Å². The first-order valence-electron chi connectivity index (χ1n) is 6.97. The molecule has 0 bridgehead atoms. The van der Waals surface area contributed by atoms with Crippen molar-refractivity contribution in [2.24, 2.45) is 5.92 Å². The monoisotopic (exact) mass is 314 g/mol. The van der Waals surface area contributed by atoms with Gasteiger partial charge in [0.05, 0.1) is 11.5 Å². The summed E-state index contributed by atoms with van der Waals surface area (Å²) in [7, 11) is -3.77. The van der Waals surface area contributed by atoms with Gasteiger partial charge in [-0.2, -0.15) is 8.42 Å². The third-order valence-electron chi connectivity index (χ3n) is 3.29. The van der Waals surface area contributed by atoms with Crippen molar-refractivity contribution in [2.45, 2.75) is 18.2 Å². The van der Waals surface area contributed by atoms with Crippen molar-refractivity contribution in [3.63, 3.8) is 0 Å². The van der Waals surface area contributed by atoms with E-state index in [9.17, 15) is 8.42 Å². The smallest absolute Gasteiger partial charge is 0.265 e. The van der Waals surface area contributed by atoms with Crippen LogP contribution in [0.5, 0.6) is 0 Å². The van der Waals surface area contributed by atoms with Crippen molar-refractivity contribution in [2.75, 3.05) is 6.61 Å². The highest BCUT2D eigenvalue weighted by molar-refractivity contribution is 7.86. The zero-order valence-corrected chi connectivity index (χ0v) is 13.2. The average Bonchev–Trinajstić information content (AvgIpc) is 2.53. The number of aryl methyl sites for hydroxylation is 1. The van der Waals surface area contributed by atoms with Gasteiger partial charge in [-0.3, -0.25) is 4.18 Å². The Kier molecular flexibility index (Phi) is 5.37. The van der Waals surface area contributed by atoms with Gasteiger partial charge in [0.25, 0.3) is 10.1 Å². The van der Waals surface area contributed by atoms with Crippen molar-refractivity contribution < 1.29 is 12.6 Å². The molecular weight excluding hydrogens is 296 g/mol. The fourth-order valence-corrected chi connectivity index (χ4v) is 2.96. The molecule has 0 amide bonds. The van der Waals surface area contributed by atoms with E-state index in [-0.39, 0.29) is 17.4 Å². The maximum atomic E-state index is 12.1. The molecule has 22 heavy (non-hydrogen) atoms. The zero-order valence-electron chi connectivity index (χ0n) is 12.4. The Balaban J connectivity index is 2.01. The van der Waals surface area contributed by atoms with E-state index >= 15 is 0 Å². The van der Waals surface area contributed by atoms with E-state index in [0.717, 1.165) is 11.1 Å². The van der Waals surface area contributed by atoms with Crippen molar-refractivity contribution in [1.82, 2.24) is 0 Å². The maximum Gasteiger partial charge on any atom is 0.297 e. The summed E-state index contributed by atoms with van der Waals surface area (Å²) in [6.45, 7) is 1.87. The van der Waals surface area contributed by atoms with Crippen LogP contribution in [-0.4, -0.2) is 15.0 Å². The first-order chi connectivity index (χ1) is 10.5. The summed E-state index contributed by atoms with van der Waals surface area (Å²) in [4.78, 5) is 0.147. The van der Waals surface area contributed by atoms with E-state index in [1.54, 1.807) is 12.1 Å². The number of hydrogen-bond acceptors (Lipinski definition) is 3. The van der Waals surface area contributed by atoms with Crippen LogP contribution >= 0.6 is 0 Å². The summed E-state index contributed by atoms with van der Waals surface area (Å²) in [5.41, 5.74) is 2.05. The lowest BCUT2D eigenvalue weighted by Gasteiger charge is -2.12. The number of benzene rings is 2. The normalized spacial score (nSPS) is 12.5. The van der Waals surface area contributed by atoms with Crippen molar-refractivity contribution in [3.8, 4) is 12.3 Å². The molecule has 2 aromatic rings. The Labute approximate surface area is 132 Å². The molecule has 0 heterocycles. The second-order valence-corrected chi connectivity index (χ2v) is 6.72.